The van der Waals surface area contributed by atoms with Crippen LogP contribution < -0.4 is 5.32 Å². The van der Waals surface area contributed by atoms with Gasteiger partial charge in [-0.1, -0.05) is 42.5 Å². The molecule has 0 fully saturated rings. The van der Waals surface area contributed by atoms with Crippen LogP contribution in [0.1, 0.15) is 28.9 Å². The summed E-state index contributed by atoms with van der Waals surface area (Å²) in [5.41, 5.74) is 3.41. The summed E-state index contributed by atoms with van der Waals surface area (Å²) in [7, 11) is -0.531. The van der Waals surface area contributed by atoms with E-state index in [0.717, 1.165) is 21.1 Å². The van der Waals surface area contributed by atoms with Crippen molar-refractivity contribution in [2.24, 2.45) is 0 Å². The van der Waals surface area contributed by atoms with Gasteiger partial charge in [0.15, 0.2) is 5.65 Å². The maximum Gasteiger partial charge on any atom is 0.257 e. The Kier molecular flexibility index (Phi) is 5.77. The normalized spacial score (nSPS) is 12.8. The number of aromatic nitrogens is 3. The standard InChI is InChI=1S/C23H23N5O3S/c1-16(17-9-11-19(12-10-17)32(30,31)27(2)3)26-23(29)20-15-25-28-21(13-14-24-22(20)28)18-7-5-4-6-8-18/h4-16H,1-3H3,(H,26,29). The lowest BCUT2D eigenvalue weighted by atomic mass is 10.1. The van der Waals surface area contributed by atoms with Crippen LogP contribution >= 0.6 is 0 Å². The van der Waals surface area contributed by atoms with Crippen LogP contribution in [0.4, 0.5) is 0 Å². The Hall–Kier alpha value is -3.56. The fourth-order valence-corrected chi connectivity index (χ4v) is 4.28. The SMILES string of the molecule is CC(NC(=O)c1cnn2c(-c3ccccc3)ccnc12)c1ccc(S(=O)(=O)N(C)C)cc1. The number of benzene rings is 2. The van der Waals surface area contributed by atoms with Crippen LogP contribution in [0.5, 0.6) is 0 Å². The molecule has 2 aromatic carbocycles. The number of nitrogens with zero attached hydrogens (tertiary/aromatic N) is 4. The van der Waals surface area contributed by atoms with Gasteiger partial charge in [-0.2, -0.15) is 5.10 Å². The second-order valence-corrected chi connectivity index (χ2v) is 9.69. The van der Waals surface area contributed by atoms with E-state index in [9.17, 15) is 13.2 Å². The summed E-state index contributed by atoms with van der Waals surface area (Å²) in [6.07, 6.45) is 3.16. The highest BCUT2D eigenvalue weighted by atomic mass is 32.2. The van der Waals surface area contributed by atoms with Crippen molar-refractivity contribution in [2.45, 2.75) is 17.9 Å². The molecule has 2 aromatic heterocycles. The van der Waals surface area contributed by atoms with Gasteiger partial charge in [0.2, 0.25) is 10.0 Å². The fourth-order valence-electron chi connectivity index (χ4n) is 3.38. The molecular formula is C23H23N5O3S. The van der Waals surface area contributed by atoms with Crippen molar-refractivity contribution < 1.29 is 13.2 Å². The monoisotopic (exact) mass is 449 g/mol. The van der Waals surface area contributed by atoms with Gasteiger partial charge in [-0.15, -0.1) is 0 Å². The van der Waals surface area contributed by atoms with E-state index in [4.69, 9.17) is 0 Å². The van der Waals surface area contributed by atoms with Crippen LogP contribution in [0.15, 0.2) is 78.0 Å². The molecule has 9 heteroatoms. The summed E-state index contributed by atoms with van der Waals surface area (Å²) >= 11 is 0. The molecule has 4 aromatic rings. The van der Waals surface area contributed by atoms with Crippen LogP contribution in [-0.4, -0.2) is 47.3 Å². The summed E-state index contributed by atoms with van der Waals surface area (Å²) in [5, 5.41) is 7.31. The number of carbonyl (C=O) groups excluding carboxylic acids is 1. The molecule has 0 saturated carbocycles. The maximum absolute atomic E-state index is 13.0. The molecule has 0 aliphatic rings. The minimum atomic E-state index is -3.50. The van der Waals surface area contributed by atoms with Crippen molar-refractivity contribution in [1.29, 1.82) is 0 Å². The minimum absolute atomic E-state index is 0.199. The number of hydrogen-bond acceptors (Lipinski definition) is 5. The van der Waals surface area contributed by atoms with Gasteiger partial charge >= 0.3 is 0 Å². The first-order valence-corrected chi connectivity index (χ1v) is 11.4. The van der Waals surface area contributed by atoms with Gasteiger partial charge < -0.3 is 5.32 Å². The maximum atomic E-state index is 13.0. The Morgan fingerprint density at radius 3 is 2.38 bits per heavy atom. The highest BCUT2D eigenvalue weighted by Gasteiger charge is 2.20. The van der Waals surface area contributed by atoms with Crippen LogP contribution in [-0.2, 0) is 10.0 Å². The van der Waals surface area contributed by atoms with E-state index in [1.165, 1.54) is 32.4 Å². The summed E-state index contributed by atoms with van der Waals surface area (Å²) in [4.78, 5) is 17.5. The topological polar surface area (TPSA) is 96.7 Å². The van der Waals surface area contributed by atoms with E-state index in [1.54, 1.807) is 22.8 Å². The third-order valence-corrected chi connectivity index (χ3v) is 7.05. The molecule has 1 amide bonds. The third-order valence-electron chi connectivity index (χ3n) is 5.22. The second-order valence-electron chi connectivity index (χ2n) is 7.54. The Bertz CT molecular complexity index is 1360. The minimum Gasteiger partial charge on any atom is -0.345 e. The van der Waals surface area contributed by atoms with E-state index in [1.807, 2.05) is 43.3 Å². The molecule has 8 nitrogen and oxygen atoms in total. The number of hydrogen-bond donors (Lipinski definition) is 1. The van der Waals surface area contributed by atoms with Crippen LogP contribution in [0.25, 0.3) is 16.9 Å². The first-order chi connectivity index (χ1) is 15.3. The molecule has 1 atom stereocenters. The molecule has 1 N–H and O–H groups in total. The van der Waals surface area contributed by atoms with Crippen molar-refractivity contribution in [2.75, 3.05) is 14.1 Å². The van der Waals surface area contributed by atoms with Gasteiger partial charge in [-0.05, 0) is 30.7 Å². The van der Waals surface area contributed by atoms with Gasteiger partial charge in [-0.3, -0.25) is 4.79 Å². The van der Waals surface area contributed by atoms with Gasteiger partial charge in [-0.25, -0.2) is 22.2 Å². The number of nitrogens with one attached hydrogen (secondary N) is 1. The second kappa shape index (κ2) is 8.52. The highest BCUT2D eigenvalue weighted by molar-refractivity contribution is 7.89. The van der Waals surface area contributed by atoms with Gasteiger partial charge in [0.25, 0.3) is 5.91 Å². The zero-order valence-electron chi connectivity index (χ0n) is 17.9. The zero-order chi connectivity index (χ0) is 22.9. The molecular weight excluding hydrogens is 426 g/mol. The molecule has 0 aliphatic heterocycles. The molecule has 0 aliphatic carbocycles. The Labute approximate surface area is 186 Å². The molecule has 2 heterocycles. The van der Waals surface area contributed by atoms with Gasteiger partial charge in [0, 0.05) is 25.9 Å². The molecule has 0 bridgehead atoms. The van der Waals surface area contributed by atoms with Crippen molar-refractivity contribution >= 4 is 21.6 Å². The fraction of sp³-hybridized carbons (Fsp3) is 0.174. The largest absolute Gasteiger partial charge is 0.345 e. The smallest absolute Gasteiger partial charge is 0.257 e. The molecule has 0 saturated heterocycles. The molecule has 32 heavy (non-hydrogen) atoms. The molecule has 4 rings (SSSR count). The zero-order valence-corrected chi connectivity index (χ0v) is 18.7. The highest BCUT2D eigenvalue weighted by Crippen LogP contribution is 2.22. The van der Waals surface area contributed by atoms with Crippen molar-refractivity contribution in [3.05, 3.63) is 84.2 Å². The van der Waals surface area contributed by atoms with Gasteiger partial charge in [0.1, 0.15) is 5.56 Å². The predicted octanol–water partition coefficient (Wildman–Crippen LogP) is 3.14. The average Bonchev–Trinajstić information content (AvgIpc) is 3.24. The number of sulfonamides is 1. The van der Waals surface area contributed by atoms with E-state index in [0.29, 0.717) is 11.2 Å². The lowest BCUT2D eigenvalue weighted by molar-refractivity contribution is 0.0941. The summed E-state index contributed by atoms with van der Waals surface area (Å²) in [6.45, 7) is 1.84. The first kappa shape index (κ1) is 21.7. The summed E-state index contributed by atoms with van der Waals surface area (Å²) in [6, 6.07) is 17.7. The average molecular weight is 450 g/mol. The molecule has 0 spiro atoms. The van der Waals surface area contributed by atoms with Crippen LogP contribution in [0.2, 0.25) is 0 Å². The van der Waals surface area contributed by atoms with E-state index < -0.39 is 10.0 Å². The van der Waals surface area contributed by atoms with Crippen molar-refractivity contribution in [3.63, 3.8) is 0 Å². The summed E-state index contributed by atoms with van der Waals surface area (Å²) < 4.78 is 27.3. The van der Waals surface area contributed by atoms with Crippen LogP contribution in [0.3, 0.4) is 0 Å². The number of fused-ring (bicyclic) bond motifs is 1. The Balaban J connectivity index is 1.57. The predicted molar refractivity (Wildman–Crippen MR) is 122 cm³/mol. The van der Waals surface area contributed by atoms with Crippen molar-refractivity contribution in [1.82, 2.24) is 24.2 Å². The van der Waals surface area contributed by atoms with E-state index in [-0.39, 0.29) is 16.8 Å². The number of rotatable bonds is 6. The number of carbonyl (C=O) groups is 1. The van der Waals surface area contributed by atoms with E-state index in [2.05, 4.69) is 15.4 Å². The quantitative estimate of drug-likeness (QED) is 0.488. The molecule has 1 unspecified atom stereocenters. The Morgan fingerprint density at radius 1 is 1.03 bits per heavy atom. The van der Waals surface area contributed by atoms with Crippen LogP contribution in [0, 0.1) is 0 Å². The molecule has 0 radical (unpaired) electrons. The number of amides is 1. The van der Waals surface area contributed by atoms with Gasteiger partial charge in [0.05, 0.1) is 22.8 Å². The molecule has 164 valence electrons. The van der Waals surface area contributed by atoms with Crippen molar-refractivity contribution in [3.8, 4) is 11.3 Å². The first-order valence-electron chi connectivity index (χ1n) is 10.0. The van der Waals surface area contributed by atoms with E-state index >= 15 is 0 Å². The lowest BCUT2D eigenvalue weighted by Crippen LogP contribution is -2.27. The Morgan fingerprint density at radius 2 is 1.72 bits per heavy atom. The summed E-state index contributed by atoms with van der Waals surface area (Å²) in [5.74, 6) is -0.310. The lowest BCUT2D eigenvalue weighted by Gasteiger charge is -2.16. The third kappa shape index (κ3) is 4.00.